The zero-order valence-corrected chi connectivity index (χ0v) is 18.7. The lowest BCUT2D eigenvalue weighted by Gasteiger charge is -2.12. The van der Waals surface area contributed by atoms with E-state index in [1.54, 1.807) is 6.20 Å². The third kappa shape index (κ3) is 5.38. The SMILES string of the molecule is Cc1ccc(NC(=O)c2cc(CCC(=O)c3ncnc(-c4ncc[nH]4)c3Cl)no2)cc1C(F)(F)F. The molecule has 4 rings (SSSR count). The van der Waals surface area contributed by atoms with Crippen LogP contribution in [0.2, 0.25) is 5.02 Å². The summed E-state index contributed by atoms with van der Waals surface area (Å²) in [4.78, 5) is 39.9. The average molecular weight is 505 g/mol. The molecule has 0 aliphatic heterocycles. The van der Waals surface area contributed by atoms with Gasteiger partial charge in [-0.2, -0.15) is 13.2 Å². The lowest BCUT2D eigenvalue weighted by molar-refractivity contribution is -0.138. The number of anilines is 1. The minimum Gasteiger partial charge on any atom is -0.351 e. The zero-order valence-electron chi connectivity index (χ0n) is 18.0. The summed E-state index contributed by atoms with van der Waals surface area (Å²) in [5, 5.41) is 6.14. The first-order valence-electron chi connectivity index (χ1n) is 10.1. The van der Waals surface area contributed by atoms with E-state index in [1.807, 2.05) is 0 Å². The highest BCUT2D eigenvalue weighted by Gasteiger charge is 2.32. The molecule has 3 heterocycles. The van der Waals surface area contributed by atoms with Gasteiger partial charge in [-0.1, -0.05) is 22.8 Å². The lowest BCUT2D eigenvalue weighted by atomic mass is 10.1. The number of carbonyl (C=O) groups is 2. The number of hydrogen-bond donors (Lipinski definition) is 2. The molecule has 0 saturated carbocycles. The molecule has 0 fully saturated rings. The van der Waals surface area contributed by atoms with Gasteiger partial charge in [0.1, 0.15) is 17.7 Å². The molecule has 0 unspecified atom stereocenters. The van der Waals surface area contributed by atoms with E-state index in [4.69, 9.17) is 16.1 Å². The minimum absolute atomic E-state index is 0.00867. The average Bonchev–Trinajstić information content (AvgIpc) is 3.51. The van der Waals surface area contributed by atoms with Crippen LogP contribution in [0.3, 0.4) is 0 Å². The highest BCUT2D eigenvalue weighted by Crippen LogP contribution is 2.33. The summed E-state index contributed by atoms with van der Waals surface area (Å²) in [6.07, 6.45) is -0.195. The van der Waals surface area contributed by atoms with Crippen molar-refractivity contribution in [1.29, 1.82) is 0 Å². The Bertz CT molecular complexity index is 1390. The number of aryl methyl sites for hydroxylation is 2. The fourth-order valence-corrected chi connectivity index (χ4v) is 3.51. The number of carbonyl (C=O) groups excluding carboxylic acids is 2. The zero-order chi connectivity index (χ0) is 25.2. The van der Waals surface area contributed by atoms with Crippen molar-refractivity contribution in [3.63, 3.8) is 0 Å². The number of hydrogen-bond acceptors (Lipinski definition) is 7. The van der Waals surface area contributed by atoms with Gasteiger partial charge in [-0.15, -0.1) is 0 Å². The number of aromatic nitrogens is 5. The van der Waals surface area contributed by atoms with E-state index in [9.17, 15) is 22.8 Å². The summed E-state index contributed by atoms with van der Waals surface area (Å²) in [6.45, 7) is 1.32. The predicted octanol–water partition coefficient (Wildman–Crippen LogP) is 4.90. The normalized spacial score (nSPS) is 11.5. The summed E-state index contributed by atoms with van der Waals surface area (Å²) < 4.78 is 44.3. The molecule has 0 atom stereocenters. The number of halogens is 4. The van der Waals surface area contributed by atoms with Crippen LogP contribution >= 0.6 is 11.6 Å². The minimum atomic E-state index is -4.55. The molecular formula is C22H16ClF3N6O3. The molecule has 0 spiro atoms. The largest absolute Gasteiger partial charge is 0.416 e. The second kappa shape index (κ2) is 9.66. The molecule has 0 saturated heterocycles. The van der Waals surface area contributed by atoms with E-state index in [0.717, 1.165) is 6.07 Å². The summed E-state index contributed by atoms with van der Waals surface area (Å²) >= 11 is 6.29. The summed E-state index contributed by atoms with van der Waals surface area (Å²) in [5.41, 5.74) is -0.297. The van der Waals surface area contributed by atoms with Crippen molar-refractivity contribution >= 4 is 29.0 Å². The van der Waals surface area contributed by atoms with Crippen molar-refractivity contribution in [2.75, 3.05) is 5.32 Å². The number of H-pyrrole nitrogens is 1. The second-order valence-electron chi connectivity index (χ2n) is 7.41. The van der Waals surface area contributed by atoms with Crippen molar-refractivity contribution in [3.05, 3.63) is 76.3 Å². The number of rotatable bonds is 7. The topological polar surface area (TPSA) is 127 Å². The molecule has 4 aromatic rings. The van der Waals surface area contributed by atoms with Gasteiger partial charge in [0.05, 0.1) is 16.3 Å². The number of ketones is 1. The fourth-order valence-electron chi connectivity index (χ4n) is 3.22. The van der Waals surface area contributed by atoms with E-state index < -0.39 is 23.4 Å². The Morgan fingerprint density at radius 2 is 1.97 bits per heavy atom. The van der Waals surface area contributed by atoms with Crippen LogP contribution in [0, 0.1) is 6.92 Å². The van der Waals surface area contributed by atoms with Crippen LogP contribution in [0.15, 0.2) is 47.5 Å². The molecule has 0 aliphatic rings. The molecule has 2 N–H and O–H groups in total. The van der Waals surface area contributed by atoms with Crippen LogP contribution in [0.1, 0.15) is 44.3 Å². The van der Waals surface area contributed by atoms with Gasteiger partial charge < -0.3 is 14.8 Å². The number of imidazole rings is 1. The number of Topliss-reactive ketones (excluding diaryl/α,β-unsaturated/α-hetero) is 1. The number of amides is 1. The molecule has 35 heavy (non-hydrogen) atoms. The van der Waals surface area contributed by atoms with Gasteiger partial charge in [-0.25, -0.2) is 15.0 Å². The Hall–Kier alpha value is -4.06. The smallest absolute Gasteiger partial charge is 0.351 e. The number of nitrogens with zero attached hydrogens (tertiary/aromatic N) is 4. The summed E-state index contributed by atoms with van der Waals surface area (Å²) in [7, 11) is 0. The molecule has 1 amide bonds. The standard InChI is InChI=1S/C22H16ClF3N6O3/c1-11-2-3-12(8-14(11)22(24,25)26)31-21(34)16-9-13(32-35-16)4-5-15(33)18-17(23)19(30-10-29-18)20-27-6-7-28-20/h2-3,6-10H,4-5H2,1H3,(H,27,28)(H,31,34). The molecule has 3 aromatic heterocycles. The fraction of sp³-hybridized carbons (Fsp3) is 0.182. The molecule has 13 heteroatoms. The second-order valence-corrected chi connectivity index (χ2v) is 7.79. The highest BCUT2D eigenvalue weighted by atomic mass is 35.5. The van der Waals surface area contributed by atoms with Gasteiger partial charge >= 0.3 is 6.18 Å². The first kappa shape index (κ1) is 24.1. The third-order valence-electron chi connectivity index (χ3n) is 4.97. The number of benzene rings is 1. The van der Waals surface area contributed by atoms with Crippen LogP contribution in [-0.4, -0.2) is 36.8 Å². The predicted molar refractivity (Wildman–Crippen MR) is 118 cm³/mol. The van der Waals surface area contributed by atoms with E-state index in [-0.39, 0.29) is 46.3 Å². The Balaban J connectivity index is 1.41. The Morgan fingerprint density at radius 1 is 1.17 bits per heavy atom. The van der Waals surface area contributed by atoms with Crippen molar-refractivity contribution < 1.29 is 27.3 Å². The maximum Gasteiger partial charge on any atom is 0.416 e. The van der Waals surface area contributed by atoms with Gasteiger partial charge in [0.15, 0.2) is 11.6 Å². The number of alkyl halides is 3. The monoisotopic (exact) mass is 504 g/mol. The van der Waals surface area contributed by atoms with Crippen LogP contribution in [0.4, 0.5) is 18.9 Å². The summed E-state index contributed by atoms with van der Waals surface area (Å²) in [5.74, 6) is -1.01. The van der Waals surface area contributed by atoms with Crippen molar-refractivity contribution in [2.24, 2.45) is 0 Å². The Labute approximate surface area is 200 Å². The van der Waals surface area contributed by atoms with Crippen molar-refractivity contribution in [3.8, 4) is 11.5 Å². The van der Waals surface area contributed by atoms with Gasteiger partial charge in [-0.05, 0) is 24.6 Å². The van der Waals surface area contributed by atoms with E-state index in [1.165, 1.54) is 37.6 Å². The highest BCUT2D eigenvalue weighted by molar-refractivity contribution is 6.35. The number of aromatic amines is 1. The van der Waals surface area contributed by atoms with Crippen molar-refractivity contribution in [2.45, 2.75) is 25.9 Å². The maximum atomic E-state index is 13.1. The van der Waals surface area contributed by atoms with Crippen LogP contribution < -0.4 is 5.32 Å². The van der Waals surface area contributed by atoms with E-state index >= 15 is 0 Å². The molecule has 1 aromatic carbocycles. The molecule has 0 radical (unpaired) electrons. The van der Waals surface area contributed by atoms with E-state index in [2.05, 4.69) is 30.4 Å². The van der Waals surface area contributed by atoms with Crippen LogP contribution in [-0.2, 0) is 12.6 Å². The van der Waals surface area contributed by atoms with E-state index in [0.29, 0.717) is 11.5 Å². The molecule has 9 nitrogen and oxygen atoms in total. The molecule has 0 aliphatic carbocycles. The number of nitrogens with one attached hydrogen (secondary N) is 2. The van der Waals surface area contributed by atoms with Crippen LogP contribution in [0.5, 0.6) is 0 Å². The maximum absolute atomic E-state index is 13.1. The quantitative estimate of drug-likeness (QED) is 0.342. The first-order valence-corrected chi connectivity index (χ1v) is 10.5. The molecule has 180 valence electrons. The van der Waals surface area contributed by atoms with Gasteiger partial charge in [0.2, 0.25) is 5.76 Å². The Kier molecular flexibility index (Phi) is 6.65. The third-order valence-corrected chi connectivity index (χ3v) is 5.33. The Morgan fingerprint density at radius 3 is 2.69 bits per heavy atom. The lowest BCUT2D eigenvalue weighted by Crippen LogP contribution is -2.13. The van der Waals surface area contributed by atoms with Gasteiger partial charge in [0, 0.05) is 37.0 Å². The van der Waals surface area contributed by atoms with Gasteiger partial charge in [-0.3, -0.25) is 9.59 Å². The van der Waals surface area contributed by atoms with Crippen LogP contribution in [0.25, 0.3) is 11.5 Å². The first-order chi connectivity index (χ1) is 16.6. The molecule has 0 bridgehead atoms. The summed E-state index contributed by atoms with van der Waals surface area (Å²) in [6, 6.07) is 4.75. The molecular weight excluding hydrogens is 489 g/mol. The van der Waals surface area contributed by atoms with Gasteiger partial charge in [0.25, 0.3) is 5.91 Å². The van der Waals surface area contributed by atoms with Crippen molar-refractivity contribution in [1.82, 2.24) is 25.1 Å².